The van der Waals surface area contributed by atoms with Gasteiger partial charge in [0.05, 0.1) is 5.56 Å². The summed E-state index contributed by atoms with van der Waals surface area (Å²) in [7, 11) is 0. The van der Waals surface area contributed by atoms with Gasteiger partial charge in [-0.15, -0.1) is 0 Å². The number of hydrogen-bond donors (Lipinski definition) is 2. The van der Waals surface area contributed by atoms with Gasteiger partial charge in [0, 0.05) is 24.1 Å². The van der Waals surface area contributed by atoms with Crippen molar-refractivity contribution < 1.29 is 21.9 Å². The maximum Gasteiger partial charge on any atom is 0.416 e. The molecule has 2 atom stereocenters. The molecule has 0 aliphatic carbocycles. The Kier molecular flexibility index (Phi) is 5.86. The highest BCUT2D eigenvalue weighted by Gasteiger charge is 2.31. The van der Waals surface area contributed by atoms with Crippen LogP contribution >= 0.6 is 0 Å². The number of benzene rings is 2. The molecule has 1 aliphatic heterocycles. The van der Waals surface area contributed by atoms with Crippen LogP contribution in [0.5, 0.6) is 0 Å². The molecule has 3 rings (SSSR count). The third-order valence-corrected chi connectivity index (χ3v) is 4.83. The lowest BCUT2D eigenvalue weighted by Gasteiger charge is -2.36. The molecule has 2 unspecified atom stereocenters. The van der Waals surface area contributed by atoms with E-state index < -0.39 is 23.0 Å². The van der Waals surface area contributed by atoms with Gasteiger partial charge in [0.15, 0.2) is 0 Å². The smallest absolute Gasteiger partial charge is 0.341 e. The molecule has 0 bridgehead atoms. The fraction of sp³-hybridized carbons (Fsp3) is 0.263. The number of fused-ring (bicyclic) bond motifs is 1. The maximum atomic E-state index is 12.8. The summed E-state index contributed by atoms with van der Waals surface area (Å²) in [6, 6.07) is 13.0. The first-order valence-electron chi connectivity index (χ1n) is 8.39. The van der Waals surface area contributed by atoms with E-state index in [9.17, 15) is 17.4 Å². The van der Waals surface area contributed by atoms with Crippen molar-refractivity contribution in [2.45, 2.75) is 19.0 Å². The summed E-state index contributed by atoms with van der Waals surface area (Å²) in [5, 5.41) is 0. The van der Waals surface area contributed by atoms with E-state index in [1.165, 1.54) is 18.3 Å². The Morgan fingerprint density at radius 3 is 2.56 bits per heavy atom. The first-order valence-corrected chi connectivity index (χ1v) is 9.50. The van der Waals surface area contributed by atoms with E-state index in [1.54, 1.807) is 6.08 Å². The molecule has 0 saturated carbocycles. The van der Waals surface area contributed by atoms with Crippen LogP contribution in [0.25, 0.3) is 0 Å². The molecule has 0 amide bonds. The standard InChI is InChI=1S/C19H19F3N2O2S/c20-19(21,22)16-7-9-17(10-8-16)24-13-14(4-3-11-23-27(25)26)12-15-5-1-2-6-18(15)24/h1-3,5-11,14,23H,4,12-13H2,(H,25,26). The van der Waals surface area contributed by atoms with Crippen molar-refractivity contribution in [2.24, 2.45) is 5.92 Å². The summed E-state index contributed by atoms with van der Waals surface area (Å²) in [6.45, 7) is 0.648. The summed E-state index contributed by atoms with van der Waals surface area (Å²) in [6.07, 6.45) is 0.387. The quantitative estimate of drug-likeness (QED) is 0.724. The molecule has 1 aliphatic rings. The molecule has 0 fully saturated rings. The van der Waals surface area contributed by atoms with Gasteiger partial charge in [-0.3, -0.25) is 9.27 Å². The van der Waals surface area contributed by atoms with Gasteiger partial charge < -0.3 is 4.90 Å². The largest absolute Gasteiger partial charge is 0.416 e. The molecular formula is C19H19F3N2O2S. The number of hydrogen-bond acceptors (Lipinski definition) is 2. The number of alkyl halides is 3. The zero-order valence-corrected chi connectivity index (χ0v) is 15.1. The Balaban J connectivity index is 1.82. The lowest BCUT2D eigenvalue weighted by molar-refractivity contribution is -0.137. The second kappa shape index (κ2) is 8.14. The van der Waals surface area contributed by atoms with Crippen molar-refractivity contribution in [3.05, 3.63) is 71.9 Å². The minimum absolute atomic E-state index is 0.229. The minimum Gasteiger partial charge on any atom is -0.341 e. The van der Waals surface area contributed by atoms with E-state index in [-0.39, 0.29) is 5.92 Å². The monoisotopic (exact) mass is 396 g/mol. The number of nitrogens with one attached hydrogen (secondary N) is 1. The van der Waals surface area contributed by atoms with Crippen molar-refractivity contribution in [2.75, 3.05) is 11.4 Å². The fourth-order valence-electron chi connectivity index (χ4n) is 3.28. The molecule has 8 heteroatoms. The number of anilines is 2. The van der Waals surface area contributed by atoms with E-state index in [2.05, 4.69) is 4.72 Å². The number of para-hydroxylation sites is 1. The van der Waals surface area contributed by atoms with E-state index in [1.807, 2.05) is 29.2 Å². The molecule has 0 spiro atoms. The van der Waals surface area contributed by atoms with Gasteiger partial charge in [0.1, 0.15) is 0 Å². The van der Waals surface area contributed by atoms with Crippen LogP contribution in [0.2, 0.25) is 0 Å². The van der Waals surface area contributed by atoms with E-state index >= 15 is 0 Å². The highest BCUT2D eigenvalue weighted by Crippen LogP contribution is 2.37. The Morgan fingerprint density at radius 1 is 1.19 bits per heavy atom. The van der Waals surface area contributed by atoms with Gasteiger partial charge in [0.2, 0.25) is 0 Å². The van der Waals surface area contributed by atoms with Crippen LogP contribution in [0.3, 0.4) is 0 Å². The van der Waals surface area contributed by atoms with Crippen LogP contribution < -0.4 is 9.62 Å². The zero-order valence-electron chi connectivity index (χ0n) is 14.3. The summed E-state index contributed by atoms with van der Waals surface area (Å²) in [5.41, 5.74) is 2.16. The lowest BCUT2D eigenvalue weighted by atomic mass is 9.89. The van der Waals surface area contributed by atoms with Gasteiger partial charge in [-0.25, -0.2) is 4.21 Å². The Bertz CT molecular complexity index is 838. The second-order valence-corrected chi connectivity index (χ2v) is 7.09. The van der Waals surface area contributed by atoms with Gasteiger partial charge >= 0.3 is 6.18 Å². The number of halogens is 3. The lowest BCUT2D eigenvalue weighted by Crippen LogP contribution is -2.31. The topological polar surface area (TPSA) is 52.6 Å². The summed E-state index contributed by atoms with van der Waals surface area (Å²) in [4.78, 5) is 2.02. The fourth-order valence-corrected chi connectivity index (χ4v) is 3.49. The minimum atomic E-state index is -4.36. The first kappa shape index (κ1) is 19.4. The molecule has 2 aromatic carbocycles. The predicted octanol–water partition coefficient (Wildman–Crippen LogP) is 4.65. The van der Waals surface area contributed by atoms with Gasteiger partial charge in [-0.1, -0.05) is 24.3 Å². The van der Waals surface area contributed by atoms with Crippen LogP contribution in [0.1, 0.15) is 17.5 Å². The van der Waals surface area contributed by atoms with Crippen molar-refractivity contribution in [1.82, 2.24) is 4.72 Å². The van der Waals surface area contributed by atoms with Crippen LogP contribution in [-0.2, 0) is 23.9 Å². The van der Waals surface area contributed by atoms with Crippen LogP contribution in [0.4, 0.5) is 24.5 Å². The summed E-state index contributed by atoms with van der Waals surface area (Å²) < 4.78 is 60.1. The third kappa shape index (κ3) is 4.90. The maximum absolute atomic E-state index is 12.8. The average Bonchev–Trinajstić information content (AvgIpc) is 2.64. The van der Waals surface area contributed by atoms with Gasteiger partial charge in [-0.2, -0.15) is 13.2 Å². The van der Waals surface area contributed by atoms with Crippen molar-refractivity contribution >= 4 is 22.6 Å². The summed E-state index contributed by atoms with van der Waals surface area (Å²) in [5.74, 6) is 0.229. The molecular weight excluding hydrogens is 377 g/mol. The molecule has 2 aromatic rings. The Labute approximate surface area is 158 Å². The highest BCUT2D eigenvalue weighted by atomic mass is 32.2. The Morgan fingerprint density at radius 2 is 1.89 bits per heavy atom. The molecule has 0 saturated heterocycles. The third-order valence-electron chi connectivity index (χ3n) is 4.49. The normalized spacial score (nSPS) is 18.4. The molecule has 144 valence electrons. The second-order valence-electron chi connectivity index (χ2n) is 6.36. The SMILES string of the molecule is O=S(O)NC=CCC1Cc2ccccc2N(c2ccc(C(F)(F)F)cc2)C1. The van der Waals surface area contributed by atoms with Crippen molar-refractivity contribution in [1.29, 1.82) is 0 Å². The molecule has 4 nitrogen and oxygen atoms in total. The van der Waals surface area contributed by atoms with Crippen molar-refractivity contribution in [3.8, 4) is 0 Å². The van der Waals surface area contributed by atoms with Crippen LogP contribution in [0, 0.1) is 5.92 Å². The van der Waals surface area contributed by atoms with Gasteiger partial charge in [0.25, 0.3) is 11.3 Å². The zero-order chi connectivity index (χ0) is 19.4. The molecule has 1 heterocycles. The van der Waals surface area contributed by atoms with Crippen molar-refractivity contribution in [3.63, 3.8) is 0 Å². The van der Waals surface area contributed by atoms with Crippen LogP contribution in [0.15, 0.2) is 60.8 Å². The number of nitrogens with zero attached hydrogens (tertiary/aromatic N) is 1. The number of rotatable bonds is 5. The molecule has 2 N–H and O–H groups in total. The van der Waals surface area contributed by atoms with Crippen LogP contribution in [-0.4, -0.2) is 15.3 Å². The summed E-state index contributed by atoms with van der Waals surface area (Å²) >= 11 is -2.09. The molecule has 0 aromatic heterocycles. The number of allylic oxidation sites excluding steroid dienone is 1. The van der Waals surface area contributed by atoms with E-state index in [0.717, 1.165) is 29.8 Å². The predicted molar refractivity (Wildman–Crippen MR) is 99.7 cm³/mol. The van der Waals surface area contributed by atoms with E-state index in [0.29, 0.717) is 18.7 Å². The molecule has 0 radical (unpaired) electrons. The highest BCUT2D eigenvalue weighted by molar-refractivity contribution is 7.77. The first-order chi connectivity index (χ1) is 12.8. The average molecular weight is 396 g/mol. The van der Waals surface area contributed by atoms with E-state index in [4.69, 9.17) is 4.55 Å². The molecule has 27 heavy (non-hydrogen) atoms. The van der Waals surface area contributed by atoms with Gasteiger partial charge in [-0.05, 0) is 54.7 Å². The Hall–Kier alpha value is -2.32.